The number of fused-ring (bicyclic) bond motifs is 1. The van der Waals surface area contributed by atoms with E-state index in [1.165, 1.54) is 0 Å². The first-order chi connectivity index (χ1) is 15.3. The van der Waals surface area contributed by atoms with Gasteiger partial charge in [-0.3, -0.25) is 4.79 Å². The number of rotatable bonds is 8. The Balaban J connectivity index is 1.66. The molecule has 32 heavy (non-hydrogen) atoms. The number of hydrogen-bond acceptors (Lipinski definition) is 6. The number of aliphatic carboxylic acids is 1. The van der Waals surface area contributed by atoms with Gasteiger partial charge in [-0.15, -0.1) is 0 Å². The average Bonchev–Trinajstić information content (AvgIpc) is 3.35. The Morgan fingerprint density at radius 3 is 2.84 bits per heavy atom. The number of carboxylic acids is 1. The van der Waals surface area contributed by atoms with Crippen molar-refractivity contribution >= 4 is 28.5 Å². The Bertz CT molecular complexity index is 1280. The summed E-state index contributed by atoms with van der Waals surface area (Å²) in [6.45, 7) is 4.21. The highest BCUT2D eigenvalue weighted by molar-refractivity contribution is 6.32. The first-order valence-corrected chi connectivity index (χ1v) is 10.5. The number of aryl methyl sites for hydroxylation is 1. The molecule has 0 saturated heterocycles. The zero-order chi connectivity index (χ0) is 22.8. The number of ether oxygens (including phenoxy) is 1. The number of aromatic nitrogens is 3. The minimum atomic E-state index is -0.894. The van der Waals surface area contributed by atoms with Gasteiger partial charge in [-0.05, 0) is 43.7 Å². The number of para-hydroxylation sites is 1. The van der Waals surface area contributed by atoms with E-state index in [-0.39, 0.29) is 12.6 Å². The molecular formula is C23H23ClN4O4. The quantitative estimate of drug-likeness (QED) is 0.403. The summed E-state index contributed by atoms with van der Waals surface area (Å²) < 4.78 is 13.2. The molecule has 0 radical (unpaired) electrons. The van der Waals surface area contributed by atoms with Gasteiger partial charge in [-0.2, -0.15) is 4.98 Å². The minimum absolute atomic E-state index is 0.0170. The molecule has 0 fully saturated rings. The van der Waals surface area contributed by atoms with Gasteiger partial charge in [0.05, 0.1) is 23.2 Å². The predicted molar refractivity (Wildman–Crippen MR) is 122 cm³/mol. The average molecular weight is 455 g/mol. The molecule has 0 bridgehead atoms. The van der Waals surface area contributed by atoms with Crippen molar-refractivity contribution in [1.29, 1.82) is 0 Å². The second kappa shape index (κ2) is 9.02. The van der Waals surface area contributed by atoms with E-state index in [0.717, 1.165) is 22.0 Å². The summed E-state index contributed by atoms with van der Waals surface area (Å²) in [5.41, 5.74) is 3.44. The van der Waals surface area contributed by atoms with Gasteiger partial charge in [0.25, 0.3) is 5.89 Å². The highest BCUT2D eigenvalue weighted by Crippen LogP contribution is 2.33. The Hall–Kier alpha value is -3.36. The molecule has 8 nitrogen and oxygen atoms in total. The SMILES string of the molecule is CC(C)Oc1ccc(-c2nc(-c3cccc4c(CNCC(=O)O)cn(C)c34)no2)cc1Cl. The van der Waals surface area contributed by atoms with Crippen molar-refractivity contribution in [2.24, 2.45) is 7.05 Å². The second-order valence-corrected chi connectivity index (χ2v) is 8.11. The van der Waals surface area contributed by atoms with Crippen molar-refractivity contribution in [2.45, 2.75) is 26.5 Å². The number of hydrogen-bond donors (Lipinski definition) is 2. The lowest BCUT2D eigenvalue weighted by atomic mass is 10.1. The summed E-state index contributed by atoms with van der Waals surface area (Å²) in [5.74, 6) is 0.514. The van der Waals surface area contributed by atoms with Crippen molar-refractivity contribution in [1.82, 2.24) is 20.0 Å². The molecule has 0 amide bonds. The maximum Gasteiger partial charge on any atom is 0.317 e. The van der Waals surface area contributed by atoms with Gasteiger partial charge >= 0.3 is 5.97 Å². The largest absolute Gasteiger partial charge is 0.489 e. The molecule has 4 aromatic rings. The topological polar surface area (TPSA) is 102 Å². The maximum atomic E-state index is 10.8. The molecular weight excluding hydrogens is 432 g/mol. The maximum absolute atomic E-state index is 10.8. The van der Waals surface area contributed by atoms with E-state index in [4.69, 9.17) is 26.0 Å². The Morgan fingerprint density at radius 2 is 2.12 bits per heavy atom. The Kier molecular flexibility index (Phi) is 6.16. The molecule has 166 valence electrons. The summed E-state index contributed by atoms with van der Waals surface area (Å²) >= 11 is 6.35. The van der Waals surface area contributed by atoms with Crippen LogP contribution in [-0.2, 0) is 18.4 Å². The monoisotopic (exact) mass is 454 g/mol. The van der Waals surface area contributed by atoms with Gasteiger partial charge in [-0.1, -0.05) is 28.9 Å². The normalized spacial score (nSPS) is 11.4. The van der Waals surface area contributed by atoms with Gasteiger partial charge in [0, 0.05) is 36.3 Å². The third-order valence-electron chi connectivity index (χ3n) is 4.88. The molecule has 2 N–H and O–H groups in total. The summed E-state index contributed by atoms with van der Waals surface area (Å²) in [7, 11) is 1.93. The van der Waals surface area contributed by atoms with E-state index < -0.39 is 5.97 Å². The summed E-state index contributed by atoms with van der Waals surface area (Å²) in [4.78, 5) is 15.4. The lowest BCUT2D eigenvalue weighted by Crippen LogP contribution is -2.21. The molecule has 0 spiro atoms. The predicted octanol–water partition coefficient (Wildman–Crippen LogP) is 4.51. The fraction of sp³-hybridized carbons (Fsp3) is 0.261. The van der Waals surface area contributed by atoms with Crippen LogP contribution < -0.4 is 10.1 Å². The van der Waals surface area contributed by atoms with E-state index >= 15 is 0 Å². The third kappa shape index (κ3) is 4.46. The molecule has 0 aliphatic heterocycles. The zero-order valence-electron chi connectivity index (χ0n) is 17.9. The van der Waals surface area contributed by atoms with Crippen molar-refractivity contribution < 1.29 is 19.2 Å². The third-order valence-corrected chi connectivity index (χ3v) is 5.18. The van der Waals surface area contributed by atoms with Crippen LogP contribution in [0, 0.1) is 0 Å². The van der Waals surface area contributed by atoms with E-state index in [1.807, 2.05) is 55.9 Å². The number of benzene rings is 2. The van der Waals surface area contributed by atoms with Gasteiger partial charge in [-0.25, -0.2) is 0 Å². The summed E-state index contributed by atoms with van der Waals surface area (Å²) in [5, 5.41) is 17.4. The van der Waals surface area contributed by atoms with Gasteiger partial charge in [0.1, 0.15) is 5.75 Å². The minimum Gasteiger partial charge on any atom is -0.489 e. The number of halogens is 1. The molecule has 0 aliphatic rings. The lowest BCUT2D eigenvalue weighted by Gasteiger charge is -2.11. The van der Waals surface area contributed by atoms with Crippen molar-refractivity contribution in [3.63, 3.8) is 0 Å². The van der Waals surface area contributed by atoms with E-state index in [9.17, 15) is 4.79 Å². The highest BCUT2D eigenvalue weighted by Gasteiger charge is 2.18. The smallest absolute Gasteiger partial charge is 0.317 e. The Labute approximate surface area is 189 Å². The number of carboxylic acid groups (broad SMARTS) is 1. The zero-order valence-corrected chi connectivity index (χ0v) is 18.7. The number of carbonyl (C=O) groups is 1. The van der Waals surface area contributed by atoms with Crippen LogP contribution in [0.25, 0.3) is 33.7 Å². The van der Waals surface area contributed by atoms with Crippen LogP contribution in [0.4, 0.5) is 0 Å². The molecule has 4 rings (SSSR count). The van der Waals surface area contributed by atoms with Crippen LogP contribution >= 0.6 is 11.6 Å². The molecule has 0 unspecified atom stereocenters. The van der Waals surface area contributed by atoms with Crippen molar-refractivity contribution in [3.8, 4) is 28.6 Å². The lowest BCUT2D eigenvalue weighted by molar-refractivity contribution is -0.135. The second-order valence-electron chi connectivity index (χ2n) is 7.70. The van der Waals surface area contributed by atoms with Crippen molar-refractivity contribution in [3.05, 3.63) is 53.2 Å². The standard InChI is InChI=1S/C23H23ClN4O4/c1-13(2)31-19-8-7-14(9-18(19)24)23-26-22(27-32-23)17-6-4-5-16-15(10-25-11-20(29)30)12-28(3)21(16)17/h4-9,12-13,25H,10-11H2,1-3H3,(H,29,30). The fourth-order valence-electron chi connectivity index (χ4n) is 3.61. The Morgan fingerprint density at radius 1 is 1.31 bits per heavy atom. The van der Waals surface area contributed by atoms with Gasteiger partial charge in [0.2, 0.25) is 5.82 Å². The summed E-state index contributed by atoms with van der Waals surface area (Å²) in [6, 6.07) is 11.2. The number of nitrogens with zero attached hydrogens (tertiary/aromatic N) is 3. The van der Waals surface area contributed by atoms with Crippen molar-refractivity contribution in [2.75, 3.05) is 6.54 Å². The molecule has 0 saturated carbocycles. The van der Waals surface area contributed by atoms with E-state index in [1.54, 1.807) is 12.1 Å². The van der Waals surface area contributed by atoms with Crippen LogP contribution in [0.1, 0.15) is 19.4 Å². The van der Waals surface area contributed by atoms with Gasteiger partial charge in [0.15, 0.2) is 0 Å². The molecule has 2 aromatic heterocycles. The first-order valence-electron chi connectivity index (χ1n) is 10.1. The number of nitrogens with one attached hydrogen (secondary N) is 1. The molecule has 2 aromatic carbocycles. The molecule has 9 heteroatoms. The van der Waals surface area contributed by atoms with Crippen LogP contribution in [0.15, 0.2) is 47.1 Å². The van der Waals surface area contributed by atoms with Crippen LogP contribution in [0.2, 0.25) is 5.02 Å². The molecule has 0 aliphatic carbocycles. The van der Waals surface area contributed by atoms with E-state index in [0.29, 0.717) is 34.6 Å². The van der Waals surface area contributed by atoms with Gasteiger partial charge < -0.3 is 24.3 Å². The van der Waals surface area contributed by atoms with Crippen LogP contribution in [-0.4, -0.2) is 38.4 Å². The first kappa shape index (κ1) is 21.9. The van der Waals surface area contributed by atoms with Crippen LogP contribution in [0.5, 0.6) is 5.75 Å². The van der Waals surface area contributed by atoms with Crippen LogP contribution in [0.3, 0.4) is 0 Å². The highest BCUT2D eigenvalue weighted by atomic mass is 35.5. The summed E-state index contributed by atoms with van der Waals surface area (Å²) in [6.07, 6.45) is 1.99. The van der Waals surface area contributed by atoms with E-state index in [2.05, 4.69) is 15.5 Å². The molecule has 2 heterocycles. The fourth-order valence-corrected chi connectivity index (χ4v) is 3.83. The molecule has 0 atom stereocenters.